The van der Waals surface area contributed by atoms with Gasteiger partial charge in [0, 0.05) is 6.10 Å². The van der Waals surface area contributed by atoms with Crippen molar-refractivity contribution in [1.29, 1.82) is 0 Å². The van der Waals surface area contributed by atoms with Gasteiger partial charge in [-0.2, -0.15) is 0 Å². The third-order valence-electron chi connectivity index (χ3n) is 0.828. The molecule has 1 fully saturated rings. The third kappa shape index (κ3) is 2.75. The number of hydrogen-bond donors (Lipinski definition) is 0. The molecule has 0 aromatic heterocycles. The molecule has 1 heterocycles. The van der Waals surface area contributed by atoms with Crippen LogP contribution in [-0.2, 0) is 18.4 Å². The Morgan fingerprint density at radius 2 is 1.90 bits per heavy atom. The van der Waals surface area contributed by atoms with Crippen LogP contribution in [0.2, 0.25) is 0 Å². The average Bonchev–Trinajstić information content (AvgIpc) is 1.88. The fourth-order valence-corrected chi connectivity index (χ4v) is 0.496. The first-order valence-corrected chi connectivity index (χ1v) is 3.04. The zero-order chi connectivity index (χ0) is 7.40. The van der Waals surface area contributed by atoms with Crippen LogP contribution in [0.1, 0.15) is 13.8 Å². The van der Waals surface area contributed by atoms with Crippen molar-refractivity contribution in [3.63, 3.8) is 0 Å². The van der Waals surface area contributed by atoms with Crippen molar-refractivity contribution in [2.75, 3.05) is 0 Å². The van der Waals surface area contributed by atoms with E-state index < -0.39 is 7.32 Å². The Labute approximate surface area is 62.0 Å². The van der Waals surface area contributed by atoms with Gasteiger partial charge in [0.1, 0.15) is 0 Å². The van der Waals surface area contributed by atoms with E-state index in [0.29, 0.717) is 0 Å². The molecule has 0 bridgehead atoms. The quantitative estimate of drug-likeness (QED) is 0.485. The van der Waals surface area contributed by atoms with E-state index in [9.17, 15) is 0 Å². The third-order valence-corrected chi connectivity index (χ3v) is 0.828. The van der Waals surface area contributed by atoms with Crippen LogP contribution in [0, 0.1) is 0 Å². The molecule has 2 radical (unpaired) electrons. The highest BCUT2D eigenvalue weighted by Gasteiger charge is 2.27. The van der Waals surface area contributed by atoms with Crippen LogP contribution in [0.15, 0.2) is 0 Å². The summed E-state index contributed by atoms with van der Waals surface area (Å²) in [4.78, 5) is 0. The Morgan fingerprint density at radius 1 is 1.30 bits per heavy atom. The molecule has 7 heteroatoms. The van der Waals surface area contributed by atoms with Gasteiger partial charge in [0.15, 0.2) is 0 Å². The van der Waals surface area contributed by atoms with Gasteiger partial charge in [-0.1, -0.05) is 0 Å². The molecule has 0 amide bonds. The summed E-state index contributed by atoms with van der Waals surface area (Å²) >= 11 is 0. The molecule has 0 spiro atoms. The molecular weight excluding hydrogens is 132 g/mol. The van der Waals surface area contributed by atoms with Crippen molar-refractivity contribution in [1.82, 2.24) is 0 Å². The minimum Gasteiger partial charge on any atom is -0.457 e. The second-order valence-electron chi connectivity index (χ2n) is 2.07. The minimum absolute atomic E-state index is 0.0740. The Bertz CT molecular complexity index is 93.7. The molecule has 0 aliphatic carbocycles. The smallest absolute Gasteiger partial charge is 0.457 e. The van der Waals surface area contributed by atoms with Gasteiger partial charge >= 0.3 is 22.7 Å². The molecule has 0 N–H and O–H groups in total. The van der Waals surface area contributed by atoms with Crippen LogP contribution < -0.4 is 0 Å². The summed E-state index contributed by atoms with van der Waals surface area (Å²) < 4.78 is 19.1. The molecule has 4 nitrogen and oxygen atoms in total. The van der Waals surface area contributed by atoms with Crippen LogP contribution in [0.5, 0.6) is 0 Å². The largest absolute Gasteiger partial charge is 0.611 e. The van der Waals surface area contributed by atoms with Crippen molar-refractivity contribution < 1.29 is 18.4 Å². The first kappa shape index (κ1) is 8.13. The highest BCUT2D eigenvalue weighted by atomic mass is 16.8. The van der Waals surface area contributed by atoms with Crippen LogP contribution in [0.4, 0.5) is 0 Å². The summed E-state index contributed by atoms with van der Waals surface area (Å²) in [5, 5.41) is 0. The second-order valence-corrected chi connectivity index (χ2v) is 2.07. The fourth-order valence-electron chi connectivity index (χ4n) is 0.496. The van der Waals surface area contributed by atoms with E-state index in [0.717, 1.165) is 15.4 Å². The molecule has 1 aliphatic heterocycles. The van der Waals surface area contributed by atoms with E-state index in [-0.39, 0.29) is 6.10 Å². The zero-order valence-electron chi connectivity index (χ0n) is 5.94. The summed E-state index contributed by atoms with van der Waals surface area (Å²) in [6.07, 6.45) is 0.0740. The Hall–Kier alpha value is 0.0348. The van der Waals surface area contributed by atoms with E-state index in [1.807, 2.05) is 13.8 Å². The first-order chi connectivity index (χ1) is 4.79. The molecule has 0 saturated carbocycles. The maximum atomic E-state index is 5.10. The van der Waals surface area contributed by atoms with Gasteiger partial charge in [-0.05, 0) is 13.8 Å². The molecular formula is C3H7B3O4. The van der Waals surface area contributed by atoms with E-state index >= 15 is 0 Å². The van der Waals surface area contributed by atoms with Gasteiger partial charge in [0.25, 0.3) is 0 Å². The molecule has 52 valence electrons. The van der Waals surface area contributed by atoms with Crippen LogP contribution >= 0.6 is 0 Å². The number of hydrogen-bond acceptors (Lipinski definition) is 4. The fraction of sp³-hybridized carbons (Fsp3) is 1.00. The highest BCUT2D eigenvalue weighted by molar-refractivity contribution is 6.57. The molecule has 1 aliphatic rings. The Kier molecular flexibility index (Phi) is 3.28. The molecule has 1 saturated heterocycles. The van der Waals surface area contributed by atoms with Crippen molar-refractivity contribution in [2.24, 2.45) is 0 Å². The molecule has 10 heavy (non-hydrogen) atoms. The molecule has 1 rings (SSSR count). The Balaban J connectivity index is 2.13. The van der Waals surface area contributed by atoms with Crippen LogP contribution in [0.3, 0.4) is 0 Å². The summed E-state index contributed by atoms with van der Waals surface area (Å²) in [5.41, 5.74) is 0. The van der Waals surface area contributed by atoms with Crippen molar-refractivity contribution in [3.8, 4) is 0 Å². The SMILES string of the molecule is CC(C)OB1O[B]O[B]O1. The van der Waals surface area contributed by atoms with Crippen LogP contribution in [0.25, 0.3) is 0 Å². The molecule has 0 unspecified atom stereocenters. The van der Waals surface area contributed by atoms with Gasteiger partial charge in [0.05, 0.1) is 0 Å². The van der Waals surface area contributed by atoms with Crippen molar-refractivity contribution >= 4 is 22.7 Å². The lowest BCUT2D eigenvalue weighted by Gasteiger charge is -2.19. The van der Waals surface area contributed by atoms with Gasteiger partial charge < -0.3 is 18.4 Å². The normalized spacial score (nSPS) is 18.5. The van der Waals surface area contributed by atoms with E-state index in [1.54, 1.807) is 0 Å². The average molecular weight is 140 g/mol. The Morgan fingerprint density at radius 3 is 2.40 bits per heavy atom. The summed E-state index contributed by atoms with van der Waals surface area (Å²) in [7, 11) is 1.67. The molecule has 0 aromatic carbocycles. The lowest BCUT2D eigenvalue weighted by molar-refractivity contribution is 0.135. The molecule has 0 aromatic rings. The maximum Gasteiger partial charge on any atom is 0.611 e. The zero-order valence-corrected chi connectivity index (χ0v) is 5.94. The topological polar surface area (TPSA) is 36.9 Å². The van der Waals surface area contributed by atoms with E-state index in [4.69, 9.17) is 13.8 Å². The molecule has 0 atom stereocenters. The minimum atomic E-state index is -0.659. The lowest BCUT2D eigenvalue weighted by atomic mass is 10.1. The first-order valence-electron chi connectivity index (χ1n) is 3.04. The number of rotatable bonds is 2. The maximum absolute atomic E-state index is 5.10. The van der Waals surface area contributed by atoms with Gasteiger partial charge in [-0.3, -0.25) is 0 Å². The van der Waals surface area contributed by atoms with E-state index in [2.05, 4.69) is 4.57 Å². The second kappa shape index (κ2) is 4.03. The predicted octanol–water partition coefficient (Wildman–Crippen LogP) is -0.472. The summed E-state index contributed by atoms with van der Waals surface area (Å²) in [6, 6.07) is 0. The van der Waals surface area contributed by atoms with Crippen molar-refractivity contribution in [3.05, 3.63) is 0 Å². The highest BCUT2D eigenvalue weighted by Crippen LogP contribution is 1.99. The van der Waals surface area contributed by atoms with Crippen molar-refractivity contribution in [2.45, 2.75) is 20.0 Å². The van der Waals surface area contributed by atoms with Crippen LogP contribution in [-0.4, -0.2) is 28.8 Å². The van der Waals surface area contributed by atoms with Gasteiger partial charge in [0.2, 0.25) is 0 Å². The predicted molar refractivity (Wildman–Crippen MR) is 36.7 cm³/mol. The van der Waals surface area contributed by atoms with Gasteiger partial charge in [-0.15, -0.1) is 0 Å². The summed E-state index contributed by atoms with van der Waals surface area (Å²) in [6.45, 7) is 3.78. The lowest BCUT2D eigenvalue weighted by Crippen LogP contribution is -2.39. The monoisotopic (exact) mass is 140 g/mol. The summed E-state index contributed by atoms with van der Waals surface area (Å²) in [5.74, 6) is 0. The standard InChI is InChI=1S/C3H7B3O4/c1-3(2)7-6-9-4-8-5-10-6/h3H,1-2H3. The van der Waals surface area contributed by atoms with E-state index in [1.165, 1.54) is 0 Å². The van der Waals surface area contributed by atoms with Gasteiger partial charge in [-0.25, -0.2) is 0 Å².